The van der Waals surface area contributed by atoms with Gasteiger partial charge in [-0.15, -0.1) is 0 Å². The maximum atomic E-state index is 12.3. The van der Waals surface area contributed by atoms with Crippen molar-refractivity contribution in [2.75, 3.05) is 23.3 Å². The standard InChI is InChI=1S/C17H20BrN3O/c1-4-21(5-2)16-9-7-13(11-19-16)17(22)20-14-8-6-12(3)15(18)10-14/h6-11H,4-5H2,1-3H3,(H,20,22). The number of benzene rings is 1. The number of nitrogens with one attached hydrogen (secondary N) is 1. The molecule has 0 unspecified atom stereocenters. The monoisotopic (exact) mass is 361 g/mol. The zero-order chi connectivity index (χ0) is 16.1. The van der Waals surface area contributed by atoms with Gasteiger partial charge in [0, 0.05) is 29.4 Å². The molecule has 2 rings (SSSR count). The van der Waals surface area contributed by atoms with E-state index in [2.05, 4.69) is 45.0 Å². The van der Waals surface area contributed by atoms with Gasteiger partial charge in [-0.25, -0.2) is 4.98 Å². The lowest BCUT2D eigenvalue weighted by Gasteiger charge is -2.19. The van der Waals surface area contributed by atoms with Crippen LogP contribution in [-0.4, -0.2) is 24.0 Å². The molecule has 0 fully saturated rings. The van der Waals surface area contributed by atoms with Gasteiger partial charge in [-0.3, -0.25) is 4.79 Å². The quantitative estimate of drug-likeness (QED) is 0.865. The molecule has 0 saturated heterocycles. The predicted molar refractivity (Wildman–Crippen MR) is 94.6 cm³/mol. The van der Waals surface area contributed by atoms with Gasteiger partial charge in [-0.2, -0.15) is 0 Å². The number of hydrogen-bond donors (Lipinski definition) is 1. The molecular weight excluding hydrogens is 342 g/mol. The molecule has 0 spiro atoms. The maximum Gasteiger partial charge on any atom is 0.257 e. The number of nitrogens with zero attached hydrogens (tertiary/aromatic N) is 2. The first-order valence-corrected chi connectivity index (χ1v) is 8.13. The Kier molecular flexibility index (Phi) is 5.55. The lowest BCUT2D eigenvalue weighted by atomic mass is 10.2. The smallest absolute Gasteiger partial charge is 0.257 e. The minimum atomic E-state index is -0.158. The summed E-state index contributed by atoms with van der Waals surface area (Å²) in [6.45, 7) is 7.96. The highest BCUT2D eigenvalue weighted by Gasteiger charge is 2.09. The van der Waals surface area contributed by atoms with E-state index in [0.29, 0.717) is 5.56 Å². The van der Waals surface area contributed by atoms with Crippen molar-refractivity contribution in [3.05, 3.63) is 52.1 Å². The van der Waals surface area contributed by atoms with Crippen molar-refractivity contribution in [1.82, 2.24) is 4.98 Å². The molecule has 2 aromatic rings. The zero-order valence-electron chi connectivity index (χ0n) is 13.1. The van der Waals surface area contributed by atoms with E-state index in [1.54, 1.807) is 12.3 Å². The van der Waals surface area contributed by atoms with Gasteiger partial charge in [0.05, 0.1) is 5.56 Å². The van der Waals surface area contributed by atoms with E-state index in [0.717, 1.165) is 34.6 Å². The number of hydrogen-bond acceptors (Lipinski definition) is 3. The van der Waals surface area contributed by atoms with Gasteiger partial charge < -0.3 is 10.2 Å². The van der Waals surface area contributed by atoms with Crippen molar-refractivity contribution in [2.45, 2.75) is 20.8 Å². The maximum absolute atomic E-state index is 12.3. The van der Waals surface area contributed by atoms with Crippen molar-refractivity contribution in [3.8, 4) is 0 Å². The summed E-state index contributed by atoms with van der Waals surface area (Å²) in [6.07, 6.45) is 1.62. The number of rotatable bonds is 5. The second-order valence-corrected chi connectivity index (χ2v) is 5.85. The molecule has 0 atom stereocenters. The van der Waals surface area contributed by atoms with E-state index < -0.39 is 0 Å². The van der Waals surface area contributed by atoms with Gasteiger partial charge in [0.2, 0.25) is 0 Å². The van der Waals surface area contributed by atoms with Gasteiger partial charge in [-0.1, -0.05) is 22.0 Å². The summed E-state index contributed by atoms with van der Waals surface area (Å²) in [5.74, 6) is 0.731. The number of aryl methyl sites for hydroxylation is 1. The molecule has 4 nitrogen and oxygen atoms in total. The highest BCUT2D eigenvalue weighted by Crippen LogP contribution is 2.21. The highest BCUT2D eigenvalue weighted by atomic mass is 79.9. The molecule has 5 heteroatoms. The molecule has 0 radical (unpaired) electrons. The van der Waals surface area contributed by atoms with Crippen LogP contribution in [0.15, 0.2) is 41.0 Å². The van der Waals surface area contributed by atoms with Crippen LogP contribution in [-0.2, 0) is 0 Å². The van der Waals surface area contributed by atoms with Crippen molar-refractivity contribution in [3.63, 3.8) is 0 Å². The average Bonchev–Trinajstić information content (AvgIpc) is 2.53. The summed E-state index contributed by atoms with van der Waals surface area (Å²) < 4.78 is 0.973. The normalized spacial score (nSPS) is 10.4. The molecule has 1 aromatic heterocycles. The highest BCUT2D eigenvalue weighted by molar-refractivity contribution is 9.10. The molecule has 0 aliphatic carbocycles. The SMILES string of the molecule is CCN(CC)c1ccc(C(=O)Nc2ccc(C)c(Br)c2)cn1. The fourth-order valence-electron chi connectivity index (χ4n) is 2.13. The van der Waals surface area contributed by atoms with E-state index in [1.165, 1.54) is 0 Å². The molecule has 1 heterocycles. The fraction of sp³-hybridized carbons (Fsp3) is 0.294. The van der Waals surface area contributed by atoms with Gasteiger partial charge >= 0.3 is 0 Å². The van der Waals surface area contributed by atoms with E-state index in [1.807, 2.05) is 31.2 Å². The molecule has 1 aromatic carbocycles. The second-order valence-electron chi connectivity index (χ2n) is 5.00. The number of pyridine rings is 1. The number of anilines is 2. The minimum Gasteiger partial charge on any atom is -0.357 e. The molecule has 1 N–H and O–H groups in total. The minimum absolute atomic E-state index is 0.158. The number of carbonyl (C=O) groups is 1. The third-order valence-corrected chi connectivity index (χ3v) is 4.38. The van der Waals surface area contributed by atoms with Gasteiger partial charge in [0.1, 0.15) is 5.82 Å². The van der Waals surface area contributed by atoms with Crippen LogP contribution in [0.4, 0.5) is 11.5 Å². The van der Waals surface area contributed by atoms with E-state index in [-0.39, 0.29) is 5.91 Å². The molecular formula is C17H20BrN3O. The largest absolute Gasteiger partial charge is 0.357 e. The third kappa shape index (κ3) is 3.85. The first-order chi connectivity index (χ1) is 10.5. The van der Waals surface area contributed by atoms with Crippen LogP contribution in [0.5, 0.6) is 0 Å². The molecule has 0 saturated carbocycles. The number of amides is 1. The Labute approximate surface area is 139 Å². The molecule has 0 aliphatic heterocycles. The second kappa shape index (κ2) is 7.40. The Bertz CT molecular complexity index is 651. The van der Waals surface area contributed by atoms with Gasteiger partial charge in [0.25, 0.3) is 5.91 Å². The van der Waals surface area contributed by atoms with Crippen LogP contribution < -0.4 is 10.2 Å². The summed E-state index contributed by atoms with van der Waals surface area (Å²) in [7, 11) is 0. The Morgan fingerprint density at radius 1 is 1.23 bits per heavy atom. The van der Waals surface area contributed by atoms with E-state index >= 15 is 0 Å². The molecule has 1 amide bonds. The van der Waals surface area contributed by atoms with Crippen LogP contribution >= 0.6 is 15.9 Å². The summed E-state index contributed by atoms with van der Waals surface area (Å²) >= 11 is 3.46. The van der Waals surface area contributed by atoms with Gasteiger partial charge in [-0.05, 0) is 50.6 Å². The topological polar surface area (TPSA) is 45.2 Å². The summed E-state index contributed by atoms with van der Waals surface area (Å²) in [5, 5.41) is 2.88. The predicted octanol–water partition coefficient (Wildman–Crippen LogP) is 4.25. The van der Waals surface area contributed by atoms with Crippen molar-refractivity contribution >= 4 is 33.3 Å². The summed E-state index contributed by atoms with van der Waals surface area (Å²) in [4.78, 5) is 18.8. The molecule has 22 heavy (non-hydrogen) atoms. The zero-order valence-corrected chi connectivity index (χ0v) is 14.6. The number of carbonyl (C=O) groups excluding carboxylic acids is 1. The van der Waals surface area contributed by atoms with Crippen LogP contribution in [0.3, 0.4) is 0 Å². The van der Waals surface area contributed by atoms with Crippen LogP contribution in [0.2, 0.25) is 0 Å². The van der Waals surface area contributed by atoms with Crippen molar-refractivity contribution < 1.29 is 4.79 Å². The van der Waals surface area contributed by atoms with Crippen molar-refractivity contribution in [2.24, 2.45) is 0 Å². The average molecular weight is 362 g/mol. The Morgan fingerprint density at radius 3 is 2.50 bits per heavy atom. The first kappa shape index (κ1) is 16.5. The Hall–Kier alpha value is -1.88. The van der Waals surface area contributed by atoms with Crippen LogP contribution in [0.25, 0.3) is 0 Å². The fourth-order valence-corrected chi connectivity index (χ4v) is 2.51. The molecule has 0 aliphatic rings. The van der Waals surface area contributed by atoms with Crippen LogP contribution in [0, 0.1) is 6.92 Å². The number of halogens is 1. The van der Waals surface area contributed by atoms with Crippen molar-refractivity contribution in [1.29, 1.82) is 0 Å². The number of aromatic nitrogens is 1. The summed E-state index contributed by atoms with van der Waals surface area (Å²) in [5.41, 5.74) is 2.44. The van der Waals surface area contributed by atoms with E-state index in [4.69, 9.17) is 0 Å². The Balaban J connectivity index is 2.11. The Morgan fingerprint density at radius 2 is 1.95 bits per heavy atom. The third-order valence-electron chi connectivity index (χ3n) is 3.53. The van der Waals surface area contributed by atoms with E-state index in [9.17, 15) is 4.79 Å². The lowest BCUT2D eigenvalue weighted by Crippen LogP contribution is -2.23. The first-order valence-electron chi connectivity index (χ1n) is 7.33. The lowest BCUT2D eigenvalue weighted by molar-refractivity contribution is 0.102. The molecule has 0 bridgehead atoms. The molecule has 116 valence electrons. The summed E-state index contributed by atoms with van der Waals surface area (Å²) in [6, 6.07) is 9.42. The van der Waals surface area contributed by atoms with Crippen LogP contribution in [0.1, 0.15) is 29.8 Å². The van der Waals surface area contributed by atoms with Gasteiger partial charge in [0.15, 0.2) is 0 Å².